The molecule has 4 N–H and O–H groups in total. The molecule has 0 fully saturated rings. The molecule has 0 spiro atoms. The van der Waals surface area contributed by atoms with Crippen molar-refractivity contribution in [1.29, 1.82) is 0 Å². The van der Waals surface area contributed by atoms with Gasteiger partial charge in [0.1, 0.15) is 12.4 Å². The van der Waals surface area contributed by atoms with Crippen LogP contribution in [0, 0.1) is 5.82 Å². The number of aromatic nitrogens is 1. The maximum absolute atomic E-state index is 13.4. The summed E-state index contributed by atoms with van der Waals surface area (Å²) in [5.74, 6) is -1.33. The van der Waals surface area contributed by atoms with Crippen molar-refractivity contribution < 1.29 is 14.0 Å². The molecule has 29 heavy (non-hydrogen) atoms. The molecule has 1 unspecified atom stereocenters. The molecule has 2 aromatic carbocycles. The first-order chi connectivity index (χ1) is 13.8. The molecule has 0 saturated heterocycles. The second-order valence-corrected chi connectivity index (χ2v) is 6.86. The number of hydrogen-bond donors (Lipinski definition) is 3. The van der Waals surface area contributed by atoms with Crippen LogP contribution >= 0.6 is 11.6 Å². The van der Waals surface area contributed by atoms with E-state index in [1.807, 2.05) is 0 Å². The Morgan fingerprint density at radius 2 is 1.93 bits per heavy atom. The highest BCUT2D eigenvalue weighted by molar-refractivity contribution is 6.31. The number of nitrogens with zero attached hydrogens (tertiary/aromatic N) is 1. The largest absolute Gasteiger partial charge is 0.368 e. The smallest absolute Gasteiger partial charge is 0.322 e. The molecule has 3 aromatic rings. The lowest BCUT2D eigenvalue weighted by Crippen LogP contribution is -2.42. The SMILES string of the molecule is CC(c1c[nH]c(=O)c2ccccc12)N(CC(N)=O)C(=O)Nc1ccc(F)c(Cl)c1. The van der Waals surface area contributed by atoms with Crippen LogP contribution in [-0.2, 0) is 4.79 Å². The van der Waals surface area contributed by atoms with Gasteiger partial charge in [0.05, 0.1) is 11.1 Å². The lowest BCUT2D eigenvalue weighted by molar-refractivity contribution is -0.118. The van der Waals surface area contributed by atoms with Crippen LogP contribution in [-0.4, -0.2) is 28.4 Å². The van der Waals surface area contributed by atoms with E-state index in [4.69, 9.17) is 17.3 Å². The van der Waals surface area contributed by atoms with Gasteiger partial charge in [-0.05, 0) is 42.1 Å². The molecule has 0 aliphatic rings. The first-order valence-electron chi connectivity index (χ1n) is 8.69. The van der Waals surface area contributed by atoms with Gasteiger partial charge in [-0.2, -0.15) is 0 Å². The number of nitrogens with two attached hydrogens (primary N) is 1. The molecular formula is C20H18ClFN4O3. The minimum Gasteiger partial charge on any atom is -0.368 e. The predicted octanol–water partition coefficient (Wildman–Crippen LogP) is 3.40. The van der Waals surface area contributed by atoms with Crippen LogP contribution in [0.4, 0.5) is 14.9 Å². The first-order valence-corrected chi connectivity index (χ1v) is 9.07. The van der Waals surface area contributed by atoms with Crippen molar-refractivity contribution in [3.8, 4) is 0 Å². The zero-order valence-electron chi connectivity index (χ0n) is 15.4. The van der Waals surface area contributed by atoms with Crippen molar-refractivity contribution in [3.63, 3.8) is 0 Å². The second-order valence-electron chi connectivity index (χ2n) is 6.45. The number of rotatable bonds is 5. The zero-order valence-corrected chi connectivity index (χ0v) is 16.2. The van der Waals surface area contributed by atoms with E-state index in [-0.39, 0.29) is 22.8 Å². The van der Waals surface area contributed by atoms with Crippen molar-refractivity contribution in [2.24, 2.45) is 5.73 Å². The Morgan fingerprint density at radius 3 is 2.59 bits per heavy atom. The number of amides is 3. The van der Waals surface area contributed by atoms with Crippen LogP contribution in [0.2, 0.25) is 5.02 Å². The average Bonchev–Trinajstić information content (AvgIpc) is 2.69. The first kappa shape index (κ1) is 20.3. The number of aromatic amines is 1. The van der Waals surface area contributed by atoms with Gasteiger partial charge in [-0.3, -0.25) is 9.59 Å². The van der Waals surface area contributed by atoms with E-state index in [0.29, 0.717) is 16.3 Å². The van der Waals surface area contributed by atoms with Crippen LogP contribution in [0.15, 0.2) is 53.5 Å². The average molecular weight is 417 g/mol. The van der Waals surface area contributed by atoms with Crippen molar-refractivity contribution in [3.05, 3.63) is 75.4 Å². The summed E-state index contributed by atoms with van der Waals surface area (Å²) in [5.41, 5.74) is 5.96. The normalized spacial score (nSPS) is 11.8. The van der Waals surface area contributed by atoms with E-state index in [1.165, 1.54) is 23.2 Å². The number of carbonyl (C=O) groups excluding carboxylic acids is 2. The highest BCUT2D eigenvalue weighted by atomic mass is 35.5. The molecule has 7 nitrogen and oxygen atoms in total. The van der Waals surface area contributed by atoms with Crippen molar-refractivity contribution in [2.75, 3.05) is 11.9 Å². The lowest BCUT2D eigenvalue weighted by Gasteiger charge is -2.29. The van der Waals surface area contributed by atoms with E-state index in [2.05, 4.69) is 10.3 Å². The number of benzene rings is 2. The number of nitrogens with one attached hydrogen (secondary N) is 2. The van der Waals surface area contributed by atoms with Gasteiger partial charge in [0.2, 0.25) is 5.91 Å². The van der Waals surface area contributed by atoms with Crippen LogP contribution in [0.3, 0.4) is 0 Å². The molecule has 150 valence electrons. The number of carbonyl (C=O) groups is 2. The summed E-state index contributed by atoms with van der Waals surface area (Å²) >= 11 is 5.75. The van der Waals surface area contributed by atoms with Gasteiger partial charge in [0, 0.05) is 17.3 Å². The van der Waals surface area contributed by atoms with Gasteiger partial charge in [-0.25, -0.2) is 9.18 Å². The molecule has 1 aromatic heterocycles. The zero-order chi connectivity index (χ0) is 21.1. The molecule has 3 rings (SSSR count). The highest BCUT2D eigenvalue weighted by Gasteiger charge is 2.25. The fraction of sp³-hybridized carbons (Fsp3) is 0.150. The molecule has 0 aliphatic heterocycles. The molecule has 0 bridgehead atoms. The molecule has 1 heterocycles. The summed E-state index contributed by atoms with van der Waals surface area (Å²) in [7, 11) is 0. The Balaban J connectivity index is 1.97. The second kappa shape index (κ2) is 8.32. The van der Waals surface area contributed by atoms with Gasteiger partial charge in [-0.15, -0.1) is 0 Å². The summed E-state index contributed by atoms with van der Waals surface area (Å²) < 4.78 is 13.4. The van der Waals surface area contributed by atoms with Gasteiger partial charge < -0.3 is 20.9 Å². The number of H-pyrrole nitrogens is 1. The van der Waals surface area contributed by atoms with Crippen LogP contribution in [0.5, 0.6) is 0 Å². The van der Waals surface area contributed by atoms with Crippen LogP contribution in [0.1, 0.15) is 18.5 Å². The molecule has 3 amide bonds. The van der Waals surface area contributed by atoms with Crippen molar-refractivity contribution >= 4 is 40.0 Å². The summed E-state index contributed by atoms with van der Waals surface area (Å²) in [6.45, 7) is 1.34. The third-order valence-corrected chi connectivity index (χ3v) is 4.81. The van der Waals surface area contributed by atoms with Gasteiger partial charge in [0.25, 0.3) is 5.56 Å². The fourth-order valence-electron chi connectivity index (χ4n) is 3.07. The molecule has 9 heteroatoms. The topological polar surface area (TPSA) is 108 Å². The Bertz CT molecular complexity index is 1150. The number of halogens is 2. The lowest BCUT2D eigenvalue weighted by atomic mass is 10.0. The number of fused-ring (bicyclic) bond motifs is 1. The van der Waals surface area contributed by atoms with Crippen molar-refractivity contribution in [1.82, 2.24) is 9.88 Å². The predicted molar refractivity (Wildman–Crippen MR) is 109 cm³/mol. The fourth-order valence-corrected chi connectivity index (χ4v) is 3.25. The van der Waals surface area contributed by atoms with Crippen LogP contribution < -0.4 is 16.6 Å². The molecule has 1 atom stereocenters. The number of anilines is 1. The summed E-state index contributed by atoms with van der Waals surface area (Å²) in [5, 5.41) is 3.54. The van der Waals surface area contributed by atoms with Gasteiger partial charge in [-0.1, -0.05) is 29.8 Å². The molecular weight excluding hydrogens is 399 g/mol. The minimum absolute atomic E-state index is 0.149. The molecule has 0 aliphatic carbocycles. The van der Waals surface area contributed by atoms with E-state index >= 15 is 0 Å². The highest BCUT2D eigenvalue weighted by Crippen LogP contribution is 2.27. The summed E-state index contributed by atoms with van der Waals surface area (Å²) in [6.07, 6.45) is 1.51. The van der Waals surface area contributed by atoms with E-state index < -0.39 is 23.8 Å². The molecule has 0 radical (unpaired) electrons. The number of urea groups is 1. The summed E-state index contributed by atoms with van der Waals surface area (Å²) in [4.78, 5) is 40.4. The monoisotopic (exact) mass is 416 g/mol. The van der Waals surface area contributed by atoms with E-state index in [0.717, 1.165) is 6.07 Å². The van der Waals surface area contributed by atoms with E-state index in [9.17, 15) is 18.8 Å². The minimum atomic E-state index is -0.710. The third kappa shape index (κ3) is 4.38. The third-order valence-electron chi connectivity index (χ3n) is 4.52. The standard InChI is InChI=1S/C20H18ClFN4O3/c1-11(15-9-24-19(28)14-5-3-2-4-13(14)15)26(10-18(23)27)20(29)25-12-6-7-17(22)16(21)8-12/h2-9,11H,10H2,1H3,(H2,23,27)(H,24,28)(H,25,29). The number of hydrogen-bond acceptors (Lipinski definition) is 3. The van der Waals surface area contributed by atoms with Crippen LogP contribution in [0.25, 0.3) is 10.8 Å². The quantitative estimate of drug-likeness (QED) is 0.593. The number of primary amides is 1. The maximum atomic E-state index is 13.4. The van der Waals surface area contributed by atoms with Crippen molar-refractivity contribution in [2.45, 2.75) is 13.0 Å². The Kier molecular flexibility index (Phi) is 5.84. The Morgan fingerprint density at radius 1 is 1.24 bits per heavy atom. The Labute approximate surface area is 170 Å². The van der Waals surface area contributed by atoms with E-state index in [1.54, 1.807) is 31.2 Å². The number of pyridine rings is 1. The Hall–Kier alpha value is -3.39. The van der Waals surface area contributed by atoms with Gasteiger partial charge >= 0.3 is 6.03 Å². The molecule has 0 saturated carbocycles. The maximum Gasteiger partial charge on any atom is 0.322 e. The summed E-state index contributed by atoms with van der Waals surface area (Å²) in [6, 6.07) is 9.43. The van der Waals surface area contributed by atoms with Gasteiger partial charge in [0.15, 0.2) is 0 Å².